The lowest BCUT2D eigenvalue weighted by molar-refractivity contribution is 0.149. The zero-order valence-corrected chi connectivity index (χ0v) is 18.2. The highest BCUT2D eigenvalue weighted by Gasteiger charge is 2.29. The summed E-state index contributed by atoms with van der Waals surface area (Å²) in [6, 6.07) is 10.9. The first-order valence-electron chi connectivity index (χ1n) is 9.65. The lowest BCUT2D eigenvalue weighted by Gasteiger charge is -2.35. The van der Waals surface area contributed by atoms with E-state index in [2.05, 4.69) is 4.99 Å². The fraction of sp³-hybridized carbons (Fsp3) is 0.300. The topological polar surface area (TPSA) is 141 Å². The summed E-state index contributed by atoms with van der Waals surface area (Å²) in [6.07, 6.45) is -1.02. The van der Waals surface area contributed by atoms with E-state index in [9.17, 15) is 17.6 Å². The number of guanidine groups is 1. The molecule has 0 unspecified atom stereocenters. The number of methoxy groups -OCH3 is 1. The van der Waals surface area contributed by atoms with Crippen molar-refractivity contribution in [1.82, 2.24) is 4.31 Å². The molecule has 10 nitrogen and oxygen atoms in total. The summed E-state index contributed by atoms with van der Waals surface area (Å²) >= 11 is 0. The van der Waals surface area contributed by atoms with Crippen LogP contribution < -0.4 is 21.1 Å². The summed E-state index contributed by atoms with van der Waals surface area (Å²) in [5, 5.41) is 0. The number of amides is 1. The van der Waals surface area contributed by atoms with E-state index in [1.54, 1.807) is 29.2 Å². The molecular formula is C20H24FN5O5S. The number of ether oxygens (including phenoxy) is 2. The third-order valence-corrected chi connectivity index (χ3v) is 6.82. The maximum atomic E-state index is 15.0. The predicted molar refractivity (Wildman–Crippen MR) is 116 cm³/mol. The molecule has 172 valence electrons. The molecular weight excluding hydrogens is 441 g/mol. The van der Waals surface area contributed by atoms with Gasteiger partial charge in [-0.3, -0.25) is 0 Å². The summed E-state index contributed by atoms with van der Waals surface area (Å²) < 4.78 is 52.0. The maximum Gasteiger partial charge on any atom is 0.437 e. The summed E-state index contributed by atoms with van der Waals surface area (Å²) in [4.78, 5) is 16.6. The molecule has 2 aromatic rings. The Morgan fingerprint density at radius 1 is 1.09 bits per heavy atom. The van der Waals surface area contributed by atoms with E-state index in [0.29, 0.717) is 24.5 Å². The minimum atomic E-state index is -3.67. The summed E-state index contributed by atoms with van der Waals surface area (Å²) in [7, 11) is -2.17. The molecule has 0 aliphatic carbocycles. The zero-order chi connectivity index (χ0) is 23.3. The highest BCUT2D eigenvalue weighted by molar-refractivity contribution is 7.89. The van der Waals surface area contributed by atoms with Crippen LogP contribution in [0.4, 0.5) is 14.9 Å². The van der Waals surface area contributed by atoms with Crippen LogP contribution >= 0.6 is 0 Å². The lowest BCUT2D eigenvalue weighted by Crippen LogP contribution is -2.49. The highest BCUT2D eigenvalue weighted by Crippen LogP contribution is 2.26. The monoisotopic (exact) mass is 465 g/mol. The fourth-order valence-corrected chi connectivity index (χ4v) is 4.69. The normalized spacial score (nSPS) is 14.6. The summed E-state index contributed by atoms with van der Waals surface area (Å²) in [6.45, 7) is 0.628. The molecule has 3 rings (SSSR count). The summed E-state index contributed by atoms with van der Waals surface area (Å²) in [5.41, 5.74) is 10.6. The SMILES string of the molecule is COc1ccc(S(=O)(=O)N2CCN(c3cccc(COC(=O)N=C(N)N)c3F)CC2)cc1. The molecule has 1 saturated heterocycles. The first-order chi connectivity index (χ1) is 15.2. The molecule has 0 saturated carbocycles. The van der Waals surface area contributed by atoms with E-state index in [0.717, 1.165) is 0 Å². The van der Waals surface area contributed by atoms with Gasteiger partial charge in [0.05, 0.1) is 17.7 Å². The standard InChI is InChI=1S/C20H24FN5O5S/c1-30-15-5-7-16(8-6-15)32(28,29)26-11-9-25(10-12-26)17-4-2-3-14(18(17)21)13-31-20(27)24-19(22)23/h2-8H,9-13H2,1H3,(H4,22,23,24,27). The molecule has 1 amide bonds. The number of carbonyl (C=O) groups excluding carboxylic acids is 1. The van der Waals surface area contributed by atoms with Gasteiger partial charge in [-0.15, -0.1) is 4.99 Å². The van der Waals surface area contributed by atoms with Gasteiger partial charge in [-0.25, -0.2) is 17.6 Å². The Balaban J connectivity index is 1.67. The maximum absolute atomic E-state index is 15.0. The number of benzene rings is 2. The van der Waals surface area contributed by atoms with Crippen molar-refractivity contribution in [1.29, 1.82) is 0 Å². The third-order valence-electron chi connectivity index (χ3n) is 4.91. The molecule has 2 aromatic carbocycles. The first-order valence-corrected chi connectivity index (χ1v) is 11.1. The van der Waals surface area contributed by atoms with E-state index in [4.69, 9.17) is 20.9 Å². The minimum Gasteiger partial charge on any atom is -0.497 e. The number of piperazine rings is 1. The number of rotatable bonds is 6. The van der Waals surface area contributed by atoms with Gasteiger partial charge in [0.25, 0.3) is 0 Å². The molecule has 1 aliphatic heterocycles. The van der Waals surface area contributed by atoms with Crippen molar-refractivity contribution in [2.24, 2.45) is 16.5 Å². The van der Waals surface area contributed by atoms with Gasteiger partial charge in [-0.1, -0.05) is 12.1 Å². The van der Waals surface area contributed by atoms with Gasteiger partial charge in [0.1, 0.15) is 12.4 Å². The van der Waals surface area contributed by atoms with Gasteiger partial charge in [0, 0.05) is 31.7 Å². The second-order valence-corrected chi connectivity index (χ2v) is 8.85. The molecule has 0 aromatic heterocycles. The Morgan fingerprint density at radius 3 is 2.34 bits per heavy atom. The smallest absolute Gasteiger partial charge is 0.437 e. The molecule has 0 radical (unpaired) electrons. The van der Waals surface area contributed by atoms with Crippen molar-refractivity contribution in [3.05, 3.63) is 53.8 Å². The Labute approximate surface area is 185 Å². The van der Waals surface area contributed by atoms with E-state index in [1.807, 2.05) is 0 Å². The van der Waals surface area contributed by atoms with Crippen LogP contribution in [-0.4, -0.2) is 58.1 Å². The van der Waals surface area contributed by atoms with Crippen LogP contribution in [0.15, 0.2) is 52.4 Å². The van der Waals surface area contributed by atoms with Gasteiger partial charge in [-0.05, 0) is 30.3 Å². The quantitative estimate of drug-likeness (QED) is 0.480. The molecule has 1 heterocycles. The van der Waals surface area contributed by atoms with Crippen LogP contribution in [-0.2, 0) is 21.4 Å². The second-order valence-electron chi connectivity index (χ2n) is 6.91. The molecule has 0 bridgehead atoms. The van der Waals surface area contributed by atoms with Crippen molar-refractivity contribution >= 4 is 27.8 Å². The van der Waals surface area contributed by atoms with E-state index >= 15 is 0 Å². The Bertz CT molecular complexity index is 1100. The van der Waals surface area contributed by atoms with Crippen molar-refractivity contribution in [3.63, 3.8) is 0 Å². The minimum absolute atomic E-state index is 0.148. The molecule has 0 atom stereocenters. The first kappa shape index (κ1) is 23.3. The van der Waals surface area contributed by atoms with Gasteiger partial charge < -0.3 is 25.8 Å². The Morgan fingerprint density at radius 2 is 1.75 bits per heavy atom. The van der Waals surface area contributed by atoms with Crippen LogP contribution in [0.1, 0.15) is 5.56 Å². The molecule has 4 N–H and O–H groups in total. The molecule has 12 heteroatoms. The number of hydrogen-bond acceptors (Lipinski definition) is 6. The van der Waals surface area contributed by atoms with Crippen molar-refractivity contribution < 1.29 is 27.1 Å². The average molecular weight is 466 g/mol. The number of sulfonamides is 1. The van der Waals surface area contributed by atoms with Crippen molar-refractivity contribution in [3.8, 4) is 5.75 Å². The average Bonchev–Trinajstić information content (AvgIpc) is 2.78. The number of halogens is 1. The van der Waals surface area contributed by atoms with Gasteiger partial charge >= 0.3 is 6.09 Å². The van der Waals surface area contributed by atoms with Crippen LogP contribution in [0.5, 0.6) is 5.75 Å². The summed E-state index contributed by atoms with van der Waals surface area (Å²) in [5.74, 6) is -0.448. The van der Waals surface area contributed by atoms with Crippen LogP contribution in [0, 0.1) is 5.82 Å². The van der Waals surface area contributed by atoms with Crippen molar-refractivity contribution in [2.75, 3.05) is 38.2 Å². The zero-order valence-electron chi connectivity index (χ0n) is 17.4. The number of carbonyl (C=O) groups is 1. The van der Waals surface area contributed by atoms with E-state index in [-0.39, 0.29) is 30.2 Å². The number of nitrogens with two attached hydrogens (primary N) is 2. The molecule has 1 fully saturated rings. The van der Waals surface area contributed by atoms with Gasteiger partial charge in [0.15, 0.2) is 11.8 Å². The molecule has 32 heavy (non-hydrogen) atoms. The third kappa shape index (κ3) is 5.26. The second kappa shape index (κ2) is 9.83. The van der Waals surface area contributed by atoms with Crippen LogP contribution in [0.3, 0.4) is 0 Å². The van der Waals surface area contributed by atoms with E-state index < -0.39 is 27.9 Å². The predicted octanol–water partition coefficient (Wildman–Crippen LogP) is 1.26. The fourth-order valence-electron chi connectivity index (χ4n) is 3.27. The van der Waals surface area contributed by atoms with Crippen LogP contribution in [0.2, 0.25) is 0 Å². The number of anilines is 1. The van der Waals surface area contributed by atoms with Crippen LogP contribution in [0.25, 0.3) is 0 Å². The highest BCUT2D eigenvalue weighted by atomic mass is 32.2. The Kier molecular flexibility index (Phi) is 7.15. The Hall–Kier alpha value is -3.38. The number of nitrogens with zero attached hydrogens (tertiary/aromatic N) is 3. The van der Waals surface area contributed by atoms with Gasteiger partial charge in [0.2, 0.25) is 10.0 Å². The lowest BCUT2D eigenvalue weighted by atomic mass is 10.1. The number of aliphatic imine (C=N–C) groups is 1. The van der Waals surface area contributed by atoms with E-state index in [1.165, 1.54) is 29.6 Å². The molecule has 1 aliphatic rings. The number of hydrogen-bond donors (Lipinski definition) is 2. The molecule has 0 spiro atoms. The van der Waals surface area contributed by atoms with Crippen molar-refractivity contribution in [2.45, 2.75) is 11.5 Å². The van der Waals surface area contributed by atoms with Gasteiger partial charge in [-0.2, -0.15) is 4.31 Å². The largest absolute Gasteiger partial charge is 0.497 e.